The van der Waals surface area contributed by atoms with E-state index in [2.05, 4.69) is 26.2 Å². The molecule has 1 heterocycles. The van der Waals surface area contributed by atoms with Crippen molar-refractivity contribution in [2.24, 2.45) is 0 Å². The smallest absolute Gasteiger partial charge is 0.261 e. The summed E-state index contributed by atoms with van der Waals surface area (Å²) in [7, 11) is -3.37. The first-order chi connectivity index (χ1) is 13.1. The van der Waals surface area contributed by atoms with Gasteiger partial charge in [0.1, 0.15) is 0 Å². The van der Waals surface area contributed by atoms with Crippen LogP contribution in [0.1, 0.15) is 12.0 Å². The molecule has 0 unspecified atom stereocenters. The Balaban J connectivity index is 1.76. The summed E-state index contributed by atoms with van der Waals surface area (Å²) in [6.45, 7) is 1.93. The Labute approximate surface area is 170 Å². The van der Waals surface area contributed by atoms with E-state index < -0.39 is 9.84 Å². The van der Waals surface area contributed by atoms with Gasteiger partial charge in [0.25, 0.3) is 5.56 Å². The number of benzene rings is 2. The Hall–Kier alpha value is -2.52. The molecule has 2 aromatic carbocycles. The molecule has 0 bridgehead atoms. The standard InChI is InChI=1S/C19H18BrN3O4S/c1-12-3-5-14(28(2,26)27)10-17(12)22-18(24)7-8-23-11-21-16-6-4-13(20)9-15(16)19(23)25/h3-6,9-11H,7-8H2,1-2H3,(H,22,24). The topological polar surface area (TPSA) is 98.1 Å². The molecule has 0 aliphatic heterocycles. The summed E-state index contributed by atoms with van der Waals surface area (Å²) < 4.78 is 25.6. The molecule has 28 heavy (non-hydrogen) atoms. The van der Waals surface area contributed by atoms with Gasteiger partial charge in [-0.05, 0) is 42.8 Å². The van der Waals surface area contributed by atoms with Gasteiger partial charge in [0.2, 0.25) is 5.91 Å². The van der Waals surface area contributed by atoms with Gasteiger partial charge in [0, 0.05) is 29.4 Å². The second-order valence-electron chi connectivity index (χ2n) is 6.45. The highest BCUT2D eigenvalue weighted by Gasteiger charge is 2.12. The molecule has 1 amide bonds. The molecule has 146 valence electrons. The average molecular weight is 464 g/mol. The molecule has 1 N–H and O–H groups in total. The number of fused-ring (bicyclic) bond motifs is 1. The molecule has 0 atom stereocenters. The van der Waals surface area contributed by atoms with E-state index in [-0.39, 0.29) is 29.3 Å². The number of hydrogen-bond donors (Lipinski definition) is 1. The molecule has 3 rings (SSSR count). The lowest BCUT2D eigenvalue weighted by molar-refractivity contribution is -0.116. The molecule has 3 aromatic rings. The Morgan fingerprint density at radius 3 is 2.68 bits per heavy atom. The lowest BCUT2D eigenvalue weighted by atomic mass is 10.2. The molecule has 0 saturated heterocycles. The predicted molar refractivity (Wildman–Crippen MR) is 111 cm³/mol. The predicted octanol–water partition coefficient (Wildman–Crippen LogP) is 2.90. The van der Waals surface area contributed by atoms with Crippen molar-refractivity contribution in [1.29, 1.82) is 0 Å². The second kappa shape index (κ2) is 7.84. The van der Waals surface area contributed by atoms with E-state index in [0.717, 1.165) is 16.3 Å². The van der Waals surface area contributed by atoms with Crippen molar-refractivity contribution in [1.82, 2.24) is 9.55 Å². The summed E-state index contributed by atoms with van der Waals surface area (Å²) in [5.74, 6) is -0.324. The van der Waals surface area contributed by atoms with Gasteiger partial charge in [-0.25, -0.2) is 13.4 Å². The number of aryl methyl sites for hydroxylation is 2. The van der Waals surface area contributed by atoms with E-state index in [1.165, 1.54) is 23.0 Å². The van der Waals surface area contributed by atoms with Gasteiger partial charge in [-0.1, -0.05) is 22.0 Å². The van der Waals surface area contributed by atoms with Crippen molar-refractivity contribution in [3.05, 3.63) is 63.1 Å². The number of rotatable bonds is 5. The van der Waals surface area contributed by atoms with Crippen LogP contribution in [-0.2, 0) is 21.2 Å². The highest BCUT2D eigenvalue weighted by molar-refractivity contribution is 9.10. The summed E-state index contributed by atoms with van der Waals surface area (Å²) in [4.78, 5) is 29.3. The Morgan fingerprint density at radius 2 is 1.96 bits per heavy atom. The van der Waals surface area contributed by atoms with E-state index in [1.54, 1.807) is 31.2 Å². The first kappa shape index (κ1) is 20.2. The largest absolute Gasteiger partial charge is 0.326 e. The van der Waals surface area contributed by atoms with Crippen LogP contribution in [0.2, 0.25) is 0 Å². The van der Waals surface area contributed by atoms with Crippen LogP contribution in [0, 0.1) is 6.92 Å². The van der Waals surface area contributed by atoms with Crippen LogP contribution in [0.4, 0.5) is 5.69 Å². The van der Waals surface area contributed by atoms with Crippen molar-refractivity contribution in [2.45, 2.75) is 24.8 Å². The van der Waals surface area contributed by atoms with E-state index in [0.29, 0.717) is 16.6 Å². The fourth-order valence-electron chi connectivity index (χ4n) is 2.69. The Morgan fingerprint density at radius 1 is 1.21 bits per heavy atom. The third-order valence-corrected chi connectivity index (χ3v) is 5.88. The third kappa shape index (κ3) is 4.48. The first-order valence-corrected chi connectivity index (χ1v) is 11.1. The summed E-state index contributed by atoms with van der Waals surface area (Å²) in [6.07, 6.45) is 2.58. The van der Waals surface area contributed by atoms with Crippen LogP contribution in [0.15, 0.2) is 56.9 Å². The fourth-order valence-corrected chi connectivity index (χ4v) is 3.70. The van der Waals surface area contributed by atoms with Gasteiger partial charge in [-0.3, -0.25) is 14.2 Å². The van der Waals surface area contributed by atoms with E-state index in [1.807, 2.05) is 0 Å². The third-order valence-electron chi connectivity index (χ3n) is 4.28. The lowest BCUT2D eigenvalue weighted by Crippen LogP contribution is -2.23. The van der Waals surface area contributed by atoms with Gasteiger partial charge in [0.15, 0.2) is 9.84 Å². The average Bonchev–Trinajstić information content (AvgIpc) is 2.62. The molecule has 0 saturated carbocycles. The minimum Gasteiger partial charge on any atom is -0.326 e. The quantitative estimate of drug-likeness (QED) is 0.626. The second-order valence-corrected chi connectivity index (χ2v) is 9.38. The first-order valence-electron chi connectivity index (χ1n) is 8.40. The molecule has 0 radical (unpaired) electrons. The maximum Gasteiger partial charge on any atom is 0.261 e. The van der Waals surface area contributed by atoms with Crippen molar-refractivity contribution >= 4 is 48.3 Å². The van der Waals surface area contributed by atoms with Gasteiger partial charge in [-0.2, -0.15) is 0 Å². The molecule has 0 aliphatic rings. The molecular formula is C19H18BrN3O4S. The SMILES string of the molecule is Cc1ccc(S(C)(=O)=O)cc1NC(=O)CCn1cnc2ccc(Br)cc2c1=O. The van der Waals surface area contributed by atoms with Crippen molar-refractivity contribution < 1.29 is 13.2 Å². The van der Waals surface area contributed by atoms with Gasteiger partial charge >= 0.3 is 0 Å². The lowest BCUT2D eigenvalue weighted by Gasteiger charge is -2.11. The minimum absolute atomic E-state index is 0.0453. The van der Waals surface area contributed by atoms with E-state index in [9.17, 15) is 18.0 Å². The molecule has 1 aromatic heterocycles. The zero-order chi connectivity index (χ0) is 20.5. The van der Waals surface area contributed by atoms with Crippen LogP contribution < -0.4 is 10.9 Å². The monoisotopic (exact) mass is 463 g/mol. The number of aromatic nitrogens is 2. The molecule has 0 aliphatic carbocycles. The number of nitrogens with one attached hydrogen (secondary N) is 1. The number of anilines is 1. The highest BCUT2D eigenvalue weighted by atomic mass is 79.9. The zero-order valence-corrected chi connectivity index (χ0v) is 17.7. The maximum atomic E-state index is 12.6. The van der Waals surface area contributed by atoms with Crippen molar-refractivity contribution in [3.8, 4) is 0 Å². The fraction of sp³-hybridized carbons (Fsp3) is 0.211. The number of sulfone groups is 1. The summed E-state index contributed by atoms with van der Waals surface area (Å²) in [5.41, 5.74) is 1.53. The summed E-state index contributed by atoms with van der Waals surface area (Å²) >= 11 is 3.33. The van der Waals surface area contributed by atoms with Crippen LogP contribution >= 0.6 is 15.9 Å². The number of carbonyl (C=O) groups excluding carboxylic acids is 1. The number of hydrogen-bond acceptors (Lipinski definition) is 5. The summed E-state index contributed by atoms with van der Waals surface area (Å²) in [6, 6.07) is 9.82. The molecule has 0 spiro atoms. The van der Waals surface area contributed by atoms with E-state index >= 15 is 0 Å². The number of halogens is 1. The van der Waals surface area contributed by atoms with Gasteiger partial charge in [0.05, 0.1) is 22.1 Å². The minimum atomic E-state index is -3.37. The van der Waals surface area contributed by atoms with E-state index in [4.69, 9.17) is 0 Å². The Kier molecular flexibility index (Phi) is 5.66. The maximum absolute atomic E-state index is 12.6. The number of amides is 1. The van der Waals surface area contributed by atoms with Crippen LogP contribution in [0.25, 0.3) is 10.9 Å². The molecule has 7 nitrogen and oxygen atoms in total. The van der Waals surface area contributed by atoms with Crippen molar-refractivity contribution in [2.75, 3.05) is 11.6 Å². The van der Waals surface area contributed by atoms with Gasteiger partial charge in [-0.15, -0.1) is 0 Å². The van der Waals surface area contributed by atoms with Gasteiger partial charge < -0.3 is 5.32 Å². The normalized spacial score (nSPS) is 11.5. The van der Waals surface area contributed by atoms with Crippen LogP contribution in [-0.4, -0.2) is 30.1 Å². The number of nitrogens with zero attached hydrogens (tertiary/aromatic N) is 2. The van der Waals surface area contributed by atoms with Crippen LogP contribution in [0.5, 0.6) is 0 Å². The van der Waals surface area contributed by atoms with Crippen LogP contribution in [0.3, 0.4) is 0 Å². The number of carbonyl (C=O) groups is 1. The highest BCUT2D eigenvalue weighted by Crippen LogP contribution is 2.20. The molecule has 0 fully saturated rings. The molecule has 9 heteroatoms. The molecular weight excluding hydrogens is 446 g/mol. The summed E-state index contributed by atoms with van der Waals surface area (Å²) in [5, 5.41) is 3.18. The Bertz CT molecular complexity index is 1240. The zero-order valence-electron chi connectivity index (χ0n) is 15.3. The van der Waals surface area contributed by atoms with Crippen molar-refractivity contribution in [3.63, 3.8) is 0 Å².